The molecule has 0 aliphatic carbocycles. The molecule has 24 heavy (non-hydrogen) atoms. The fraction of sp³-hybridized carbons (Fsp3) is 0.222. The molecule has 1 amide bonds. The maximum atomic E-state index is 12.0. The summed E-state index contributed by atoms with van der Waals surface area (Å²) in [6.07, 6.45) is 2.78. The van der Waals surface area contributed by atoms with Gasteiger partial charge in [0.15, 0.2) is 10.8 Å². The van der Waals surface area contributed by atoms with Gasteiger partial charge in [-0.2, -0.15) is 0 Å². The lowest BCUT2D eigenvalue weighted by molar-refractivity contribution is -0.120. The third-order valence-electron chi connectivity index (χ3n) is 3.40. The van der Waals surface area contributed by atoms with Gasteiger partial charge in [0.05, 0.1) is 18.4 Å². The summed E-state index contributed by atoms with van der Waals surface area (Å²) in [5, 5.41) is 8.94. The van der Waals surface area contributed by atoms with Gasteiger partial charge in [-0.05, 0) is 30.7 Å². The van der Waals surface area contributed by atoms with Crippen LogP contribution >= 0.6 is 11.3 Å². The number of para-hydroxylation sites is 1. The first-order valence-corrected chi connectivity index (χ1v) is 8.73. The molecule has 5 nitrogen and oxygen atoms in total. The SMILES string of the molecule is O=C(Cc1csc(-c2ccco2)n1)NCCCNc1ccccc1. The van der Waals surface area contributed by atoms with E-state index in [2.05, 4.69) is 15.6 Å². The number of furan rings is 1. The highest BCUT2D eigenvalue weighted by Crippen LogP contribution is 2.23. The zero-order valence-electron chi connectivity index (χ0n) is 13.2. The number of benzene rings is 1. The lowest BCUT2D eigenvalue weighted by atomic mass is 10.3. The van der Waals surface area contributed by atoms with Crippen molar-refractivity contribution in [2.45, 2.75) is 12.8 Å². The van der Waals surface area contributed by atoms with E-state index in [-0.39, 0.29) is 5.91 Å². The van der Waals surface area contributed by atoms with Crippen LogP contribution in [0.15, 0.2) is 58.5 Å². The lowest BCUT2D eigenvalue weighted by Crippen LogP contribution is -2.27. The molecule has 1 aromatic carbocycles. The largest absolute Gasteiger partial charge is 0.462 e. The normalized spacial score (nSPS) is 10.5. The molecule has 124 valence electrons. The van der Waals surface area contributed by atoms with Gasteiger partial charge in [-0.1, -0.05) is 18.2 Å². The summed E-state index contributed by atoms with van der Waals surface area (Å²) in [6, 6.07) is 13.7. The van der Waals surface area contributed by atoms with Gasteiger partial charge in [0, 0.05) is 24.2 Å². The number of rotatable bonds is 8. The predicted molar refractivity (Wildman–Crippen MR) is 96.1 cm³/mol. The molecule has 0 saturated carbocycles. The first-order valence-electron chi connectivity index (χ1n) is 7.85. The van der Waals surface area contributed by atoms with E-state index in [4.69, 9.17) is 4.42 Å². The van der Waals surface area contributed by atoms with Gasteiger partial charge in [0.25, 0.3) is 0 Å². The Labute approximate surface area is 144 Å². The van der Waals surface area contributed by atoms with E-state index in [0.717, 1.165) is 35.1 Å². The Kier molecular flexibility index (Phi) is 5.63. The van der Waals surface area contributed by atoms with Gasteiger partial charge in [-0.25, -0.2) is 4.98 Å². The third-order valence-corrected chi connectivity index (χ3v) is 4.31. The van der Waals surface area contributed by atoms with E-state index in [1.807, 2.05) is 47.8 Å². The van der Waals surface area contributed by atoms with Gasteiger partial charge >= 0.3 is 0 Å². The van der Waals surface area contributed by atoms with E-state index >= 15 is 0 Å². The molecule has 2 heterocycles. The molecule has 0 unspecified atom stereocenters. The number of carbonyl (C=O) groups excluding carboxylic acids is 1. The van der Waals surface area contributed by atoms with Crippen LogP contribution in [-0.2, 0) is 11.2 Å². The summed E-state index contributed by atoms with van der Waals surface area (Å²) < 4.78 is 5.31. The van der Waals surface area contributed by atoms with Crippen LogP contribution in [-0.4, -0.2) is 24.0 Å². The Balaban J connectivity index is 1.35. The van der Waals surface area contributed by atoms with Crippen LogP contribution in [0.1, 0.15) is 12.1 Å². The van der Waals surface area contributed by atoms with Crippen molar-refractivity contribution < 1.29 is 9.21 Å². The number of nitrogens with one attached hydrogen (secondary N) is 2. The Morgan fingerprint density at radius 1 is 1.12 bits per heavy atom. The van der Waals surface area contributed by atoms with Crippen molar-refractivity contribution in [1.29, 1.82) is 0 Å². The summed E-state index contributed by atoms with van der Waals surface area (Å²) in [5.74, 6) is 0.727. The first-order chi connectivity index (χ1) is 11.8. The molecule has 0 atom stereocenters. The molecule has 0 aliphatic heterocycles. The van der Waals surface area contributed by atoms with Crippen molar-refractivity contribution >= 4 is 22.9 Å². The molecule has 0 spiro atoms. The van der Waals surface area contributed by atoms with Crippen molar-refractivity contribution in [3.8, 4) is 10.8 Å². The molecule has 6 heteroatoms. The quantitative estimate of drug-likeness (QED) is 0.615. The maximum Gasteiger partial charge on any atom is 0.226 e. The summed E-state index contributed by atoms with van der Waals surface area (Å²) >= 11 is 1.48. The van der Waals surface area contributed by atoms with Crippen molar-refractivity contribution in [2.24, 2.45) is 0 Å². The van der Waals surface area contributed by atoms with Crippen LogP contribution in [0.2, 0.25) is 0 Å². The standard InChI is InChI=1S/C18H19N3O2S/c22-17(20-10-5-9-19-14-6-2-1-3-7-14)12-15-13-24-18(21-15)16-8-4-11-23-16/h1-4,6-8,11,13,19H,5,9-10,12H2,(H,20,22). The Morgan fingerprint density at radius 2 is 2.00 bits per heavy atom. The predicted octanol–water partition coefficient (Wildman–Crippen LogP) is 3.56. The van der Waals surface area contributed by atoms with Crippen LogP contribution in [0.25, 0.3) is 10.8 Å². The number of amides is 1. The average molecular weight is 341 g/mol. The number of hydrogen-bond donors (Lipinski definition) is 2. The Morgan fingerprint density at radius 3 is 2.79 bits per heavy atom. The molecule has 2 aromatic heterocycles. The van der Waals surface area contributed by atoms with Crippen LogP contribution in [0, 0.1) is 0 Å². The van der Waals surface area contributed by atoms with E-state index in [0.29, 0.717) is 13.0 Å². The molecule has 3 rings (SSSR count). The second-order valence-electron chi connectivity index (χ2n) is 5.29. The molecule has 0 saturated heterocycles. The molecule has 0 fully saturated rings. The van der Waals surface area contributed by atoms with Crippen molar-refractivity contribution in [3.05, 3.63) is 59.8 Å². The molecular formula is C18H19N3O2S. The summed E-state index contributed by atoms with van der Waals surface area (Å²) in [4.78, 5) is 16.4. The molecule has 3 aromatic rings. The molecule has 0 bridgehead atoms. The minimum absolute atomic E-state index is 0.00833. The minimum atomic E-state index is -0.00833. The number of nitrogens with zero attached hydrogens (tertiary/aromatic N) is 1. The second-order valence-corrected chi connectivity index (χ2v) is 6.15. The molecular weight excluding hydrogens is 322 g/mol. The molecule has 0 aliphatic rings. The van der Waals surface area contributed by atoms with Crippen LogP contribution in [0.4, 0.5) is 5.69 Å². The van der Waals surface area contributed by atoms with Crippen LogP contribution in [0.3, 0.4) is 0 Å². The Bertz CT molecular complexity index is 754. The third kappa shape index (κ3) is 4.70. The number of anilines is 1. The van der Waals surface area contributed by atoms with Crippen molar-refractivity contribution in [3.63, 3.8) is 0 Å². The zero-order valence-corrected chi connectivity index (χ0v) is 14.0. The topological polar surface area (TPSA) is 67.2 Å². The van der Waals surface area contributed by atoms with E-state index < -0.39 is 0 Å². The number of carbonyl (C=O) groups is 1. The zero-order chi connectivity index (χ0) is 16.6. The van der Waals surface area contributed by atoms with E-state index in [1.165, 1.54) is 11.3 Å². The summed E-state index contributed by atoms with van der Waals surface area (Å²) in [7, 11) is 0. The second kappa shape index (κ2) is 8.31. The monoisotopic (exact) mass is 341 g/mol. The number of hydrogen-bond acceptors (Lipinski definition) is 5. The molecule has 0 radical (unpaired) electrons. The fourth-order valence-electron chi connectivity index (χ4n) is 2.23. The van der Waals surface area contributed by atoms with Gasteiger partial charge < -0.3 is 15.1 Å². The van der Waals surface area contributed by atoms with Gasteiger partial charge in [-0.15, -0.1) is 11.3 Å². The highest BCUT2D eigenvalue weighted by atomic mass is 32.1. The fourth-order valence-corrected chi connectivity index (χ4v) is 3.02. The van der Waals surface area contributed by atoms with Crippen LogP contribution < -0.4 is 10.6 Å². The van der Waals surface area contributed by atoms with Crippen molar-refractivity contribution in [1.82, 2.24) is 10.3 Å². The minimum Gasteiger partial charge on any atom is -0.462 e. The van der Waals surface area contributed by atoms with E-state index in [9.17, 15) is 4.79 Å². The Hall–Kier alpha value is -2.60. The van der Waals surface area contributed by atoms with Gasteiger partial charge in [-0.3, -0.25) is 4.79 Å². The first kappa shape index (κ1) is 16.3. The molecule has 2 N–H and O–H groups in total. The highest BCUT2D eigenvalue weighted by molar-refractivity contribution is 7.13. The van der Waals surface area contributed by atoms with Crippen molar-refractivity contribution in [2.75, 3.05) is 18.4 Å². The smallest absolute Gasteiger partial charge is 0.226 e. The lowest BCUT2D eigenvalue weighted by Gasteiger charge is -2.07. The number of aromatic nitrogens is 1. The summed E-state index contributed by atoms with van der Waals surface area (Å²) in [5.41, 5.74) is 1.86. The summed E-state index contributed by atoms with van der Waals surface area (Å²) in [6.45, 7) is 1.47. The highest BCUT2D eigenvalue weighted by Gasteiger charge is 2.10. The average Bonchev–Trinajstić information content (AvgIpc) is 3.27. The van der Waals surface area contributed by atoms with Crippen LogP contribution in [0.5, 0.6) is 0 Å². The maximum absolute atomic E-state index is 12.0. The van der Waals surface area contributed by atoms with Gasteiger partial charge in [0.2, 0.25) is 5.91 Å². The number of thiazole rings is 1. The van der Waals surface area contributed by atoms with Gasteiger partial charge in [0.1, 0.15) is 0 Å². The van der Waals surface area contributed by atoms with E-state index in [1.54, 1.807) is 6.26 Å².